The zero-order chi connectivity index (χ0) is 12.3. The minimum absolute atomic E-state index is 0.0269. The Morgan fingerprint density at radius 2 is 2.18 bits per heavy atom. The van der Waals surface area contributed by atoms with Crippen LogP contribution in [0.3, 0.4) is 0 Å². The van der Waals surface area contributed by atoms with Crippen molar-refractivity contribution in [2.24, 2.45) is 0 Å². The van der Waals surface area contributed by atoms with E-state index in [1.807, 2.05) is 30.3 Å². The summed E-state index contributed by atoms with van der Waals surface area (Å²) in [5, 5.41) is 12.1. The molecule has 92 valence electrons. The second kappa shape index (κ2) is 4.75. The summed E-state index contributed by atoms with van der Waals surface area (Å²) in [4.78, 5) is 11.2. The van der Waals surface area contributed by atoms with E-state index in [4.69, 9.17) is 4.74 Å². The second-order valence-corrected chi connectivity index (χ2v) is 4.43. The fraction of sp³-hybridized carbons (Fsp3) is 0.462. The second-order valence-electron chi connectivity index (χ2n) is 4.43. The van der Waals surface area contributed by atoms with Gasteiger partial charge in [0.25, 0.3) is 0 Å². The van der Waals surface area contributed by atoms with Gasteiger partial charge in [0, 0.05) is 6.42 Å². The Labute approximate surface area is 101 Å². The van der Waals surface area contributed by atoms with Gasteiger partial charge in [-0.05, 0) is 32.0 Å². The monoisotopic (exact) mass is 235 g/mol. The zero-order valence-electron chi connectivity index (χ0n) is 9.85. The summed E-state index contributed by atoms with van der Waals surface area (Å²) in [5.74, 6) is 0.00829. The normalized spacial score (nSPS) is 27.9. The molecule has 1 aromatic carbocycles. The highest BCUT2D eigenvalue weighted by Gasteiger charge is 2.45. The zero-order valence-corrected chi connectivity index (χ0v) is 9.85. The van der Waals surface area contributed by atoms with Crippen molar-refractivity contribution in [3.63, 3.8) is 0 Å². The number of para-hydroxylation sites is 1. The standard InChI is InChI=1S/C13H17NO3/c1-14-13(12(15)16)8-7-11(9-13)17-10-5-3-2-4-6-10/h2-6,11,14H,7-9H2,1H3,(H,15,16). The molecular weight excluding hydrogens is 218 g/mol. The van der Waals surface area contributed by atoms with Gasteiger partial charge in [-0.3, -0.25) is 4.79 Å². The highest BCUT2D eigenvalue weighted by atomic mass is 16.5. The largest absolute Gasteiger partial charge is 0.490 e. The Morgan fingerprint density at radius 1 is 1.47 bits per heavy atom. The summed E-state index contributed by atoms with van der Waals surface area (Å²) in [5.41, 5.74) is -0.820. The summed E-state index contributed by atoms with van der Waals surface area (Å²) in [6, 6.07) is 9.52. The molecule has 0 heterocycles. The number of hydrogen-bond donors (Lipinski definition) is 2. The number of likely N-dealkylation sites (N-methyl/N-ethyl adjacent to an activating group) is 1. The number of hydrogen-bond acceptors (Lipinski definition) is 3. The average molecular weight is 235 g/mol. The summed E-state index contributed by atoms with van der Waals surface area (Å²) < 4.78 is 5.78. The smallest absolute Gasteiger partial charge is 0.324 e. The van der Waals surface area contributed by atoms with E-state index in [9.17, 15) is 9.90 Å². The molecule has 0 amide bonds. The van der Waals surface area contributed by atoms with Crippen LogP contribution in [0.5, 0.6) is 5.75 Å². The fourth-order valence-electron chi connectivity index (χ4n) is 2.32. The quantitative estimate of drug-likeness (QED) is 0.833. The van der Waals surface area contributed by atoms with Gasteiger partial charge in [-0.25, -0.2) is 0 Å². The molecule has 0 spiro atoms. The van der Waals surface area contributed by atoms with Gasteiger partial charge in [0.2, 0.25) is 0 Å². The minimum Gasteiger partial charge on any atom is -0.490 e. The molecule has 1 aromatic rings. The van der Waals surface area contributed by atoms with E-state index in [1.54, 1.807) is 7.05 Å². The first-order valence-electron chi connectivity index (χ1n) is 5.80. The fourth-order valence-corrected chi connectivity index (χ4v) is 2.32. The maximum atomic E-state index is 11.2. The van der Waals surface area contributed by atoms with Crippen molar-refractivity contribution in [1.29, 1.82) is 0 Å². The molecule has 2 N–H and O–H groups in total. The maximum absolute atomic E-state index is 11.2. The molecule has 17 heavy (non-hydrogen) atoms. The van der Waals surface area contributed by atoms with Crippen LogP contribution >= 0.6 is 0 Å². The summed E-state index contributed by atoms with van der Waals surface area (Å²) in [7, 11) is 1.69. The number of carbonyl (C=O) groups is 1. The summed E-state index contributed by atoms with van der Waals surface area (Å²) >= 11 is 0. The van der Waals surface area contributed by atoms with Crippen molar-refractivity contribution >= 4 is 5.97 Å². The highest BCUT2D eigenvalue weighted by molar-refractivity contribution is 5.79. The van der Waals surface area contributed by atoms with Gasteiger partial charge in [-0.2, -0.15) is 0 Å². The Kier molecular flexibility index (Phi) is 3.33. The first-order chi connectivity index (χ1) is 8.16. The predicted molar refractivity (Wildman–Crippen MR) is 64.1 cm³/mol. The molecule has 2 unspecified atom stereocenters. The van der Waals surface area contributed by atoms with Crippen molar-refractivity contribution in [2.45, 2.75) is 30.9 Å². The van der Waals surface area contributed by atoms with Crippen molar-refractivity contribution in [3.05, 3.63) is 30.3 Å². The molecule has 0 saturated heterocycles. The molecule has 4 heteroatoms. The van der Waals surface area contributed by atoms with Gasteiger partial charge in [0.05, 0.1) is 0 Å². The van der Waals surface area contributed by atoms with E-state index in [1.165, 1.54) is 0 Å². The third-order valence-corrected chi connectivity index (χ3v) is 3.40. The van der Waals surface area contributed by atoms with Crippen LogP contribution in [-0.4, -0.2) is 29.8 Å². The lowest BCUT2D eigenvalue weighted by Crippen LogP contribution is -2.48. The number of rotatable bonds is 4. The number of carboxylic acids is 1. The molecule has 4 nitrogen and oxygen atoms in total. The van der Waals surface area contributed by atoms with Crippen molar-refractivity contribution < 1.29 is 14.6 Å². The van der Waals surface area contributed by atoms with Crippen molar-refractivity contribution in [3.8, 4) is 5.75 Å². The minimum atomic E-state index is -0.820. The first-order valence-corrected chi connectivity index (χ1v) is 5.80. The van der Waals surface area contributed by atoms with Crippen molar-refractivity contribution in [2.75, 3.05) is 7.05 Å². The number of nitrogens with one attached hydrogen (secondary N) is 1. The number of ether oxygens (including phenoxy) is 1. The lowest BCUT2D eigenvalue weighted by molar-refractivity contribution is -0.144. The number of benzene rings is 1. The molecule has 2 rings (SSSR count). The molecular formula is C13H17NO3. The molecule has 0 radical (unpaired) electrons. The van der Waals surface area contributed by atoms with Gasteiger partial charge in [-0.15, -0.1) is 0 Å². The molecule has 2 atom stereocenters. The van der Waals surface area contributed by atoms with Gasteiger partial charge in [0.1, 0.15) is 17.4 Å². The summed E-state index contributed by atoms with van der Waals surface area (Å²) in [6.45, 7) is 0. The van der Waals surface area contributed by atoms with Crippen LogP contribution < -0.4 is 10.1 Å². The van der Waals surface area contributed by atoms with Gasteiger partial charge < -0.3 is 15.2 Å². The van der Waals surface area contributed by atoms with Crippen LogP contribution in [0.25, 0.3) is 0 Å². The predicted octanol–water partition coefficient (Wildman–Crippen LogP) is 1.66. The average Bonchev–Trinajstić information content (AvgIpc) is 2.75. The molecule has 1 aliphatic carbocycles. The molecule has 0 bridgehead atoms. The SMILES string of the molecule is CNC1(C(=O)O)CCC(Oc2ccccc2)C1. The molecule has 1 fully saturated rings. The number of carboxylic acid groups (broad SMARTS) is 1. The van der Waals surface area contributed by atoms with Crippen LogP contribution in [0, 0.1) is 0 Å². The van der Waals surface area contributed by atoms with Crippen LogP contribution in [0.1, 0.15) is 19.3 Å². The highest BCUT2D eigenvalue weighted by Crippen LogP contribution is 2.32. The molecule has 0 aliphatic heterocycles. The number of aliphatic carboxylic acids is 1. The lowest BCUT2D eigenvalue weighted by Gasteiger charge is -2.23. The van der Waals surface area contributed by atoms with Gasteiger partial charge >= 0.3 is 5.97 Å². The van der Waals surface area contributed by atoms with E-state index >= 15 is 0 Å². The maximum Gasteiger partial charge on any atom is 0.324 e. The van der Waals surface area contributed by atoms with Crippen LogP contribution in [0.15, 0.2) is 30.3 Å². The molecule has 1 saturated carbocycles. The van der Waals surface area contributed by atoms with E-state index < -0.39 is 11.5 Å². The third-order valence-electron chi connectivity index (χ3n) is 3.40. The topological polar surface area (TPSA) is 58.6 Å². The molecule has 0 aromatic heterocycles. The van der Waals surface area contributed by atoms with Crippen LogP contribution in [-0.2, 0) is 4.79 Å². The van der Waals surface area contributed by atoms with Crippen LogP contribution in [0.4, 0.5) is 0 Å². The Morgan fingerprint density at radius 3 is 2.71 bits per heavy atom. The third kappa shape index (κ3) is 2.42. The van der Waals surface area contributed by atoms with Gasteiger partial charge in [-0.1, -0.05) is 18.2 Å². The van der Waals surface area contributed by atoms with Crippen molar-refractivity contribution in [1.82, 2.24) is 5.32 Å². The van der Waals surface area contributed by atoms with E-state index in [2.05, 4.69) is 5.32 Å². The molecule has 1 aliphatic rings. The summed E-state index contributed by atoms with van der Waals surface area (Å²) in [6.07, 6.45) is 1.85. The Hall–Kier alpha value is -1.55. The lowest BCUT2D eigenvalue weighted by atomic mass is 9.98. The van der Waals surface area contributed by atoms with E-state index in [0.29, 0.717) is 12.8 Å². The first kappa shape index (κ1) is 11.9. The van der Waals surface area contributed by atoms with Crippen LogP contribution in [0.2, 0.25) is 0 Å². The Balaban J connectivity index is 2.01. The van der Waals surface area contributed by atoms with Gasteiger partial charge in [0.15, 0.2) is 0 Å². The van der Waals surface area contributed by atoms with E-state index in [-0.39, 0.29) is 6.10 Å². The Bertz CT molecular complexity index is 393. The van der Waals surface area contributed by atoms with E-state index in [0.717, 1.165) is 12.2 Å².